The van der Waals surface area contributed by atoms with E-state index in [1.807, 2.05) is 5.38 Å². The first-order valence-electron chi connectivity index (χ1n) is 5.77. The van der Waals surface area contributed by atoms with E-state index in [9.17, 15) is 4.79 Å². The average Bonchev–Trinajstić information content (AvgIpc) is 2.98. The number of aromatic nitrogens is 3. The van der Waals surface area contributed by atoms with Crippen LogP contribution in [0.1, 0.15) is 28.8 Å². The average molecular weight is 265 g/mol. The van der Waals surface area contributed by atoms with Crippen LogP contribution >= 0.6 is 11.3 Å². The Bertz CT molecular complexity index is 533. The molecule has 5 nitrogen and oxygen atoms in total. The number of hydrogen-bond donors (Lipinski definition) is 0. The Hall–Kier alpha value is -1.69. The maximum absolute atomic E-state index is 12.2. The molecule has 0 amide bonds. The SMILES string of the molecule is CCCn1ncnc1CC(=O)c1sccc1OC. The van der Waals surface area contributed by atoms with E-state index in [1.54, 1.807) is 17.9 Å². The first kappa shape index (κ1) is 12.8. The van der Waals surface area contributed by atoms with Crippen molar-refractivity contribution in [2.24, 2.45) is 0 Å². The fourth-order valence-electron chi connectivity index (χ4n) is 1.71. The van der Waals surface area contributed by atoms with Crippen LogP contribution in [0.5, 0.6) is 5.75 Å². The molecule has 0 N–H and O–H groups in total. The summed E-state index contributed by atoms with van der Waals surface area (Å²) in [5, 5.41) is 5.96. The molecular weight excluding hydrogens is 250 g/mol. The van der Waals surface area contributed by atoms with Gasteiger partial charge in [-0.1, -0.05) is 6.92 Å². The standard InChI is InChI=1S/C12H15N3O2S/c1-3-5-15-11(13-8-14-15)7-9(16)12-10(17-2)4-6-18-12/h4,6,8H,3,5,7H2,1-2H3. The van der Waals surface area contributed by atoms with Crippen LogP contribution in [0.3, 0.4) is 0 Å². The monoisotopic (exact) mass is 265 g/mol. The van der Waals surface area contributed by atoms with E-state index >= 15 is 0 Å². The van der Waals surface area contributed by atoms with Gasteiger partial charge in [-0.2, -0.15) is 5.10 Å². The minimum Gasteiger partial charge on any atom is -0.495 e. The van der Waals surface area contributed by atoms with Crippen molar-refractivity contribution in [3.63, 3.8) is 0 Å². The van der Waals surface area contributed by atoms with Gasteiger partial charge >= 0.3 is 0 Å². The molecule has 2 heterocycles. The lowest BCUT2D eigenvalue weighted by molar-refractivity contribution is 0.0990. The Morgan fingerprint density at radius 3 is 3.11 bits per heavy atom. The van der Waals surface area contributed by atoms with Crippen LogP contribution in [0.25, 0.3) is 0 Å². The van der Waals surface area contributed by atoms with Crippen LogP contribution in [0.2, 0.25) is 0 Å². The second-order valence-corrected chi connectivity index (χ2v) is 4.73. The van der Waals surface area contributed by atoms with E-state index in [1.165, 1.54) is 17.7 Å². The second-order valence-electron chi connectivity index (χ2n) is 3.82. The molecule has 0 spiro atoms. The van der Waals surface area contributed by atoms with Crippen molar-refractivity contribution in [2.45, 2.75) is 26.3 Å². The number of carbonyl (C=O) groups is 1. The van der Waals surface area contributed by atoms with Crippen molar-refractivity contribution < 1.29 is 9.53 Å². The van der Waals surface area contributed by atoms with Gasteiger partial charge in [0.25, 0.3) is 0 Å². The highest BCUT2D eigenvalue weighted by atomic mass is 32.1. The van der Waals surface area contributed by atoms with Crippen molar-refractivity contribution in [3.8, 4) is 5.75 Å². The highest BCUT2D eigenvalue weighted by Gasteiger charge is 2.17. The topological polar surface area (TPSA) is 57.0 Å². The normalized spacial score (nSPS) is 10.6. The van der Waals surface area contributed by atoms with Gasteiger partial charge in [-0.15, -0.1) is 11.3 Å². The minimum atomic E-state index is 0.0206. The second kappa shape index (κ2) is 5.77. The summed E-state index contributed by atoms with van der Waals surface area (Å²) in [4.78, 5) is 16.9. The molecule has 0 unspecified atom stereocenters. The number of Topliss-reactive ketones (excluding diaryl/α,β-unsaturated/α-hetero) is 1. The summed E-state index contributed by atoms with van der Waals surface area (Å²) in [5.41, 5.74) is 0. The molecule has 0 aliphatic carbocycles. The lowest BCUT2D eigenvalue weighted by Gasteiger charge is -2.04. The first-order chi connectivity index (χ1) is 8.76. The van der Waals surface area contributed by atoms with Gasteiger partial charge in [0.2, 0.25) is 0 Å². The van der Waals surface area contributed by atoms with Crippen LogP contribution in [0.4, 0.5) is 0 Å². The highest BCUT2D eigenvalue weighted by Crippen LogP contribution is 2.25. The van der Waals surface area contributed by atoms with Gasteiger partial charge in [-0.25, -0.2) is 9.67 Å². The van der Waals surface area contributed by atoms with Gasteiger partial charge in [0.15, 0.2) is 5.78 Å². The first-order valence-corrected chi connectivity index (χ1v) is 6.65. The summed E-state index contributed by atoms with van der Waals surface area (Å²) in [6.07, 6.45) is 2.72. The molecule has 0 saturated heterocycles. The predicted molar refractivity (Wildman–Crippen MR) is 69.2 cm³/mol. The Kier molecular flexibility index (Phi) is 4.09. The number of thiophene rings is 1. The third-order valence-corrected chi connectivity index (χ3v) is 3.49. The maximum Gasteiger partial charge on any atom is 0.184 e. The molecule has 0 atom stereocenters. The highest BCUT2D eigenvalue weighted by molar-refractivity contribution is 7.12. The van der Waals surface area contributed by atoms with Gasteiger partial charge in [-0.05, 0) is 17.9 Å². The molecule has 2 rings (SSSR count). The number of ketones is 1. The van der Waals surface area contributed by atoms with Gasteiger partial charge in [0, 0.05) is 6.54 Å². The molecule has 0 saturated carbocycles. The van der Waals surface area contributed by atoms with E-state index < -0.39 is 0 Å². The summed E-state index contributed by atoms with van der Waals surface area (Å²) < 4.78 is 6.93. The zero-order valence-corrected chi connectivity index (χ0v) is 11.2. The largest absolute Gasteiger partial charge is 0.495 e. The lowest BCUT2D eigenvalue weighted by Crippen LogP contribution is -2.11. The molecular formula is C12H15N3O2S. The fourth-order valence-corrected chi connectivity index (χ4v) is 2.51. The van der Waals surface area contributed by atoms with E-state index in [2.05, 4.69) is 17.0 Å². The molecule has 0 aromatic carbocycles. The number of carbonyl (C=O) groups excluding carboxylic acids is 1. The van der Waals surface area contributed by atoms with E-state index in [0.717, 1.165) is 13.0 Å². The smallest absolute Gasteiger partial charge is 0.184 e. The summed E-state index contributed by atoms with van der Waals surface area (Å²) in [7, 11) is 1.57. The molecule has 0 radical (unpaired) electrons. The molecule has 0 aliphatic rings. The Morgan fingerprint density at radius 1 is 1.56 bits per heavy atom. The number of nitrogens with zero attached hydrogens (tertiary/aromatic N) is 3. The lowest BCUT2D eigenvalue weighted by atomic mass is 10.2. The zero-order chi connectivity index (χ0) is 13.0. The summed E-state index contributed by atoms with van der Waals surface area (Å²) in [6.45, 7) is 2.85. The number of methoxy groups -OCH3 is 1. The van der Waals surface area contributed by atoms with Crippen molar-refractivity contribution in [1.29, 1.82) is 0 Å². The van der Waals surface area contributed by atoms with Crippen LogP contribution in [0.15, 0.2) is 17.8 Å². The third-order valence-electron chi connectivity index (χ3n) is 2.55. The summed E-state index contributed by atoms with van der Waals surface area (Å²) in [6, 6.07) is 1.80. The van der Waals surface area contributed by atoms with Gasteiger partial charge < -0.3 is 4.74 Å². The third kappa shape index (κ3) is 2.59. The van der Waals surface area contributed by atoms with Crippen molar-refractivity contribution in [2.75, 3.05) is 7.11 Å². The van der Waals surface area contributed by atoms with Crippen molar-refractivity contribution in [3.05, 3.63) is 28.5 Å². The van der Waals surface area contributed by atoms with Crippen LogP contribution < -0.4 is 4.74 Å². The maximum atomic E-state index is 12.2. The molecule has 0 bridgehead atoms. The van der Waals surface area contributed by atoms with E-state index in [-0.39, 0.29) is 12.2 Å². The Morgan fingerprint density at radius 2 is 2.39 bits per heavy atom. The number of rotatable bonds is 6. The molecule has 2 aromatic rings. The fraction of sp³-hybridized carbons (Fsp3) is 0.417. The van der Waals surface area contributed by atoms with E-state index in [0.29, 0.717) is 16.5 Å². The van der Waals surface area contributed by atoms with Crippen molar-refractivity contribution in [1.82, 2.24) is 14.8 Å². The van der Waals surface area contributed by atoms with Crippen LogP contribution in [-0.2, 0) is 13.0 Å². The number of ether oxygens (including phenoxy) is 1. The van der Waals surface area contributed by atoms with Crippen LogP contribution in [-0.4, -0.2) is 27.7 Å². The Labute approximate surface area is 109 Å². The molecule has 0 aliphatic heterocycles. The van der Waals surface area contributed by atoms with Gasteiger partial charge in [-0.3, -0.25) is 4.79 Å². The summed E-state index contributed by atoms with van der Waals surface area (Å²) >= 11 is 1.39. The van der Waals surface area contributed by atoms with E-state index in [4.69, 9.17) is 4.74 Å². The minimum absolute atomic E-state index is 0.0206. The molecule has 96 valence electrons. The zero-order valence-electron chi connectivity index (χ0n) is 10.4. The molecule has 18 heavy (non-hydrogen) atoms. The van der Waals surface area contributed by atoms with Crippen LogP contribution in [0, 0.1) is 0 Å². The Balaban J connectivity index is 2.14. The number of aryl methyl sites for hydroxylation is 1. The number of hydrogen-bond acceptors (Lipinski definition) is 5. The van der Waals surface area contributed by atoms with Gasteiger partial charge in [0.05, 0.1) is 13.5 Å². The van der Waals surface area contributed by atoms with Crippen molar-refractivity contribution >= 4 is 17.1 Å². The molecule has 2 aromatic heterocycles. The predicted octanol–water partition coefficient (Wildman–Crippen LogP) is 2.18. The van der Waals surface area contributed by atoms with Gasteiger partial charge in [0.1, 0.15) is 22.8 Å². The summed E-state index contributed by atoms with van der Waals surface area (Å²) in [5.74, 6) is 1.36. The quantitative estimate of drug-likeness (QED) is 0.751. The molecule has 6 heteroatoms. The molecule has 0 fully saturated rings.